The van der Waals surface area contributed by atoms with Gasteiger partial charge in [0.2, 0.25) is 11.8 Å². The molecule has 1 aliphatic carbocycles. The van der Waals surface area contributed by atoms with Gasteiger partial charge in [-0.05, 0) is 18.9 Å². The zero-order chi connectivity index (χ0) is 13.0. The van der Waals surface area contributed by atoms with E-state index in [4.69, 9.17) is 0 Å². The topological polar surface area (TPSA) is 75.3 Å². The molecule has 3 amide bonds. The molecule has 0 radical (unpaired) electrons. The van der Waals surface area contributed by atoms with Gasteiger partial charge in [-0.15, -0.1) is 0 Å². The van der Waals surface area contributed by atoms with Gasteiger partial charge in [0.15, 0.2) is 0 Å². The normalized spacial score (nSPS) is 23.1. The lowest BCUT2D eigenvalue weighted by Gasteiger charge is -2.21. The summed E-state index contributed by atoms with van der Waals surface area (Å²) in [5.74, 6) is -1.01. The molecule has 2 aliphatic rings. The molecule has 5 heteroatoms. The average Bonchev–Trinajstić information content (AvgIpc) is 2.61. The molecule has 0 aromatic rings. The van der Waals surface area contributed by atoms with Crippen LogP contribution in [0.1, 0.15) is 19.3 Å². The summed E-state index contributed by atoms with van der Waals surface area (Å²) in [5, 5.41) is 4.84. The molecule has 2 N–H and O–H groups in total. The molecule has 2 rings (SSSR count). The Hall–Kier alpha value is -2.17. The van der Waals surface area contributed by atoms with Crippen LogP contribution < -0.4 is 10.6 Å². The van der Waals surface area contributed by atoms with Crippen molar-refractivity contribution in [3.05, 3.63) is 36.0 Å². The summed E-state index contributed by atoms with van der Waals surface area (Å²) in [5.41, 5.74) is 0.532. The Morgan fingerprint density at radius 1 is 1.33 bits per heavy atom. The van der Waals surface area contributed by atoms with Gasteiger partial charge in [0.1, 0.15) is 6.04 Å². The lowest BCUT2D eigenvalue weighted by molar-refractivity contribution is -0.136. The Kier molecular flexibility index (Phi) is 3.72. The van der Waals surface area contributed by atoms with Gasteiger partial charge in [0.25, 0.3) is 5.91 Å². The molecule has 1 atom stereocenters. The van der Waals surface area contributed by atoms with Crippen LogP contribution in [0, 0.1) is 0 Å². The van der Waals surface area contributed by atoms with Gasteiger partial charge >= 0.3 is 0 Å². The van der Waals surface area contributed by atoms with Gasteiger partial charge in [-0.25, -0.2) is 0 Å². The lowest BCUT2D eigenvalue weighted by Crippen LogP contribution is -2.52. The van der Waals surface area contributed by atoms with E-state index in [0.29, 0.717) is 18.4 Å². The van der Waals surface area contributed by atoms with Crippen molar-refractivity contribution < 1.29 is 14.4 Å². The fraction of sp³-hybridized carbons (Fsp3) is 0.308. The predicted molar refractivity (Wildman–Crippen MR) is 65.3 cm³/mol. The fourth-order valence-corrected chi connectivity index (χ4v) is 1.82. The number of hydrogen-bond donors (Lipinski definition) is 2. The number of allylic oxidation sites excluding steroid dienone is 4. The number of amides is 3. The minimum atomic E-state index is -0.624. The van der Waals surface area contributed by atoms with Gasteiger partial charge in [0.05, 0.1) is 0 Å². The van der Waals surface area contributed by atoms with E-state index >= 15 is 0 Å². The smallest absolute Gasteiger partial charge is 0.251 e. The molecule has 0 saturated carbocycles. The summed E-state index contributed by atoms with van der Waals surface area (Å²) in [6, 6.07) is -0.624. The van der Waals surface area contributed by atoms with Crippen LogP contribution >= 0.6 is 0 Å². The third kappa shape index (κ3) is 2.94. The third-order valence-electron chi connectivity index (χ3n) is 2.80. The SMILES string of the molecule is O=C1CCC(NC(=O)C2=CCC=CC=C2)C(=O)N1. The summed E-state index contributed by atoms with van der Waals surface area (Å²) in [6.45, 7) is 0. The minimum Gasteiger partial charge on any atom is -0.340 e. The molecule has 1 fully saturated rings. The van der Waals surface area contributed by atoms with Crippen molar-refractivity contribution in [2.24, 2.45) is 0 Å². The van der Waals surface area contributed by atoms with Crippen molar-refractivity contribution in [2.45, 2.75) is 25.3 Å². The van der Waals surface area contributed by atoms with Gasteiger partial charge in [-0.3, -0.25) is 19.7 Å². The van der Waals surface area contributed by atoms with Crippen LogP contribution in [0.4, 0.5) is 0 Å². The highest BCUT2D eigenvalue weighted by molar-refractivity contribution is 6.04. The Balaban J connectivity index is 1.97. The number of carbonyl (C=O) groups excluding carboxylic acids is 3. The first-order valence-corrected chi connectivity index (χ1v) is 5.85. The first-order valence-electron chi connectivity index (χ1n) is 5.85. The highest BCUT2D eigenvalue weighted by Gasteiger charge is 2.28. The van der Waals surface area contributed by atoms with Crippen molar-refractivity contribution in [3.63, 3.8) is 0 Å². The van der Waals surface area contributed by atoms with E-state index in [1.54, 1.807) is 18.2 Å². The Morgan fingerprint density at radius 2 is 2.17 bits per heavy atom. The van der Waals surface area contributed by atoms with Crippen molar-refractivity contribution in [3.8, 4) is 0 Å². The molecule has 1 heterocycles. The maximum Gasteiger partial charge on any atom is 0.251 e. The van der Waals surface area contributed by atoms with Crippen molar-refractivity contribution in [2.75, 3.05) is 0 Å². The Bertz CT molecular complexity index is 475. The second-order valence-corrected chi connectivity index (χ2v) is 4.16. The van der Waals surface area contributed by atoms with E-state index in [9.17, 15) is 14.4 Å². The monoisotopic (exact) mass is 246 g/mol. The minimum absolute atomic E-state index is 0.257. The number of rotatable bonds is 2. The van der Waals surface area contributed by atoms with Crippen LogP contribution in [-0.4, -0.2) is 23.8 Å². The van der Waals surface area contributed by atoms with Crippen molar-refractivity contribution in [1.29, 1.82) is 0 Å². The van der Waals surface area contributed by atoms with Crippen molar-refractivity contribution >= 4 is 17.7 Å². The lowest BCUT2D eigenvalue weighted by atomic mass is 10.1. The quantitative estimate of drug-likeness (QED) is 0.690. The van der Waals surface area contributed by atoms with E-state index in [2.05, 4.69) is 10.6 Å². The van der Waals surface area contributed by atoms with Crippen LogP contribution in [0.25, 0.3) is 0 Å². The second-order valence-electron chi connectivity index (χ2n) is 4.16. The van der Waals surface area contributed by atoms with E-state index in [1.165, 1.54) is 0 Å². The fourth-order valence-electron chi connectivity index (χ4n) is 1.82. The summed E-state index contributed by atoms with van der Waals surface area (Å²) < 4.78 is 0. The number of imide groups is 1. The van der Waals surface area contributed by atoms with Crippen LogP contribution in [0.2, 0.25) is 0 Å². The van der Waals surface area contributed by atoms with Gasteiger partial charge in [0, 0.05) is 12.0 Å². The molecular weight excluding hydrogens is 232 g/mol. The highest BCUT2D eigenvalue weighted by Crippen LogP contribution is 2.08. The molecule has 1 unspecified atom stereocenters. The highest BCUT2D eigenvalue weighted by atomic mass is 16.2. The molecule has 0 aromatic carbocycles. The van der Waals surface area contributed by atoms with Crippen molar-refractivity contribution in [1.82, 2.24) is 10.6 Å². The average molecular weight is 246 g/mol. The maximum absolute atomic E-state index is 11.9. The predicted octanol–water partition coefficient (Wildman–Crippen LogP) is 0.350. The Morgan fingerprint density at radius 3 is 2.94 bits per heavy atom. The number of nitrogens with one attached hydrogen (secondary N) is 2. The molecule has 5 nitrogen and oxygen atoms in total. The summed E-state index contributed by atoms with van der Waals surface area (Å²) in [6.07, 6.45) is 10.4. The third-order valence-corrected chi connectivity index (χ3v) is 2.80. The first-order chi connectivity index (χ1) is 8.66. The molecule has 94 valence electrons. The number of hydrogen-bond acceptors (Lipinski definition) is 3. The summed E-state index contributed by atoms with van der Waals surface area (Å²) >= 11 is 0. The first kappa shape index (κ1) is 12.3. The molecule has 1 aliphatic heterocycles. The van der Waals surface area contributed by atoms with E-state index in [-0.39, 0.29) is 18.2 Å². The molecule has 0 aromatic heterocycles. The second kappa shape index (κ2) is 5.44. The summed E-state index contributed by atoms with van der Waals surface area (Å²) in [4.78, 5) is 34.4. The van der Waals surface area contributed by atoms with E-state index in [1.807, 2.05) is 12.2 Å². The molecular formula is C13H14N2O3. The number of piperidine rings is 1. The van der Waals surface area contributed by atoms with Crippen LogP contribution in [0.5, 0.6) is 0 Å². The zero-order valence-corrected chi connectivity index (χ0v) is 9.81. The van der Waals surface area contributed by atoms with E-state index < -0.39 is 11.9 Å². The maximum atomic E-state index is 11.9. The Labute approximate surface area is 105 Å². The van der Waals surface area contributed by atoms with Crippen LogP contribution in [0.3, 0.4) is 0 Å². The molecule has 18 heavy (non-hydrogen) atoms. The van der Waals surface area contributed by atoms with Gasteiger partial charge in [-0.1, -0.05) is 24.3 Å². The molecule has 1 saturated heterocycles. The van der Waals surface area contributed by atoms with Crippen LogP contribution in [0.15, 0.2) is 36.0 Å². The van der Waals surface area contributed by atoms with Crippen LogP contribution in [-0.2, 0) is 14.4 Å². The van der Waals surface area contributed by atoms with Gasteiger partial charge < -0.3 is 5.32 Å². The molecule has 0 spiro atoms. The number of carbonyl (C=O) groups is 3. The standard InChI is InChI=1S/C13H14N2O3/c16-11-8-7-10(13(18)15-11)14-12(17)9-5-3-1-2-4-6-9/h1-3,5-6,10H,4,7-8H2,(H,14,17)(H,15,16,18). The largest absolute Gasteiger partial charge is 0.340 e. The zero-order valence-electron chi connectivity index (χ0n) is 9.81. The van der Waals surface area contributed by atoms with E-state index in [0.717, 1.165) is 0 Å². The van der Waals surface area contributed by atoms with Gasteiger partial charge in [-0.2, -0.15) is 0 Å². The molecule has 0 bridgehead atoms. The summed E-state index contributed by atoms with van der Waals surface area (Å²) in [7, 11) is 0.